The molecule has 0 aromatic carbocycles. The molecule has 0 bridgehead atoms. The van der Waals surface area contributed by atoms with Gasteiger partial charge in [-0.05, 0) is 0 Å². The Bertz CT molecular complexity index is 346. The minimum absolute atomic E-state index is 0.170. The van der Waals surface area contributed by atoms with Crippen LogP contribution in [0.4, 0.5) is 0 Å². The average Bonchev–Trinajstić information content (AvgIpc) is 2.14. The number of hydrogen-bond donors (Lipinski definition) is 2. The maximum atomic E-state index is 11.2. The summed E-state index contributed by atoms with van der Waals surface area (Å²) < 4.78 is 5.17. The van der Waals surface area contributed by atoms with Crippen molar-refractivity contribution >= 4 is 0 Å². The van der Waals surface area contributed by atoms with E-state index >= 15 is 0 Å². The molecule has 1 aromatic heterocycles. The highest BCUT2D eigenvalue weighted by Crippen LogP contribution is 2.10. The minimum Gasteiger partial charge on any atom is -0.476 e. The van der Waals surface area contributed by atoms with E-state index in [0.717, 1.165) is 0 Å². The van der Waals surface area contributed by atoms with Gasteiger partial charge in [-0.3, -0.25) is 4.79 Å². The molecule has 0 spiro atoms. The summed E-state index contributed by atoms with van der Waals surface area (Å²) in [4.78, 5) is 18.0. The summed E-state index contributed by atoms with van der Waals surface area (Å²) in [7, 11) is 0. The number of aromatic amines is 1. The molecule has 0 atom stereocenters. The van der Waals surface area contributed by atoms with Gasteiger partial charge in [-0.25, -0.2) is 0 Å². The third-order valence-electron chi connectivity index (χ3n) is 1.65. The fourth-order valence-corrected chi connectivity index (χ4v) is 0.964. The summed E-state index contributed by atoms with van der Waals surface area (Å²) in [5.41, 5.74) is 5.08. The Balaban J connectivity index is 2.90. The Kier molecular flexibility index (Phi) is 3.64. The van der Waals surface area contributed by atoms with Crippen LogP contribution < -0.4 is 16.0 Å². The van der Waals surface area contributed by atoms with Crippen LogP contribution in [0.2, 0.25) is 0 Å². The summed E-state index contributed by atoms with van der Waals surface area (Å²) in [6.07, 6.45) is 0. The number of nitrogens with one attached hydrogen (secondary N) is 1. The SMILES string of the molecule is CC(C)c1nc(OCCN)cc(=O)[nH]1. The van der Waals surface area contributed by atoms with E-state index in [4.69, 9.17) is 10.5 Å². The van der Waals surface area contributed by atoms with E-state index in [1.807, 2.05) is 13.8 Å². The summed E-state index contributed by atoms with van der Waals surface area (Å²) in [6, 6.07) is 1.32. The van der Waals surface area contributed by atoms with Gasteiger partial charge in [0.1, 0.15) is 12.4 Å². The fraction of sp³-hybridized carbons (Fsp3) is 0.556. The van der Waals surface area contributed by atoms with Crippen molar-refractivity contribution in [2.75, 3.05) is 13.2 Å². The largest absolute Gasteiger partial charge is 0.476 e. The number of ether oxygens (including phenoxy) is 1. The van der Waals surface area contributed by atoms with Gasteiger partial charge in [-0.2, -0.15) is 4.98 Å². The molecule has 78 valence electrons. The van der Waals surface area contributed by atoms with Gasteiger partial charge >= 0.3 is 0 Å². The van der Waals surface area contributed by atoms with Gasteiger partial charge in [0.15, 0.2) is 0 Å². The summed E-state index contributed by atoms with van der Waals surface area (Å²) in [5, 5.41) is 0. The number of nitrogens with two attached hydrogens (primary N) is 1. The van der Waals surface area contributed by atoms with Gasteiger partial charge in [0, 0.05) is 12.5 Å². The molecule has 0 aliphatic rings. The zero-order valence-electron chi connectivity index (χ0n) is 8.41. The predicted octanol–water partition coefficient (Wildman–Crippen LogP) is 0.231. The maximum absolute atomic E-state index is 11.2. The van der Waals surface area contributed by atoms with Gasteiger partial charge < -0.3 is 15.5 Å². The Morgan fingerprint density at radius 3 is 2.93 bits per heavy atom. The lowest BCUT2D eigenvalue weighted by atomic mass is 10.2. The fourth-order valence-electron chi connectivity index (χ4n) is 0.964. The Morgan fingerprint density at radius 1 is 1.64 bits per heavy atom. The van der Waals surface area contributed by atoms with E-state index in [2.05, 4.69) is 9.97 Å². The van der Waals surface area contributed by atoms with Crippen LogP contribution in [0.15, 0.2) is 10.9 Å². The number of H-pyrrole nitrogens is 1. The van der Waals surface area contributed by atoms with E-state index in [9.17, 15) is 4.79 Å². The van der Waals surface area contributed by atoms with Crippen LogP contribution in [0.25, 0.3) is 0 Å². The molecular formula is C9H15N3O2. The predicted molar refractivity (Wildman–Crippen MR) is 53.5 cm³/mol. The standard InChI is InChI=1S/C9H15N3O2/c1-6(2)9-11-7(13)5-8(12-9)14-4-3-10/h5-6H,3-4,10H2,1-2H3,(H,11,12,13). The van der Waals surface area contributed by atoms with Crippen molar-refractivity contribution in [3.05, 3.63) is 22.2 Å². The number of aromatic nitrogens is 2. The molecule has 1 heterocycles. The normalized spacial score (nSPS) is 10.6. The Morgan fingerprint density at radius 2 is 2.36 bits per heavy atom. The minimum atomic E-state index is -0.198. The zero-order valence-corrected chi connectivity index (χ0v) is 8.41. The average molecular weight is 197 g/mol. The quantitative estimate of drug-likeness (QED) is 0.724. The lowest BCUT2D eigenvalue weighted by Crippen LogP contribution is -2.16. The molecule has 5 heteroatoms. The van der Waals surface area contributed by atoms with Crippen molar-refractivity contribution in [3.63, 3.8) is 0 Å². The highest BCUT2D eigenvalue weighted by atomic mass is 16.5. The molecule has 3 N–H and O–H groups in total. The van der Waals surface area contributed by atoms with Gasteiger partial charge in [0.2, 0.25) is 5.88 Å². The monoisotopic (exact) mass is 197 g/mol. The highest BCUT2D eigenvalue weighted by Gasteiger charge is 2.05. The number of nitrogens with zero attached hydrogens (tertiary/aromatic N) is 1. The molecular weight excluding hydrogens is 182 g/mol. The van der Waals surface area contributed by atoms with Crippen LogP contribution in [-0.4, -0.2) is 23.1 Å². The van der Waals surface area contributed by atoms with E-state index in [1.165, 1.54) is 6.07 Å². The van der Waals surface area contributed by atoms with Gasteiger partial charge in [-0.1, -0.05) is 13.8 Å². The molecule has 0 saturated heterocycles. The molecule has 1 rings (SSSR count). The lowest BCUT2D eigenvalue weighted by Gasteiger charge is -2.07. The van der Waals surface area contributed by atoms with Gasteiger partial charge in [0.05, 0.1) is 6.07 Å². The van der Waals surface area contributed by atoms with Crippen molar-refractivity contribution in [1.29, 1.82) is 0 Å². The van der Waals surface area contributed by atoms with E-state index in [-0.39, 0.29) is 11.5 Å². The first kappa shape index (κ1) is 10.7. The maximum Gasteiger partial charge on any atom is 0.254 e. The van der Waals surface area contributed by atoms with E-state index in [0.29, 0.717) is 24.9 Å². The third kappa shape index (κ3) is 2.85. The van der Waals surface area contributed by atoms with Crippen LogP contribution >= 0.6 is 0 Å². The molecule has 0 radical (unpaired) electrons. The lowest BCUT2D eigenvalue weighted by molar-refractivity contribution is 0.312. The van der Waals surface area contributed by atoms with Gasteiger partial charge in [0.25, 0.3) is 5.56 Å². The molecule has 5 nitrogen and oxygen atoms in total. The van der Waals surface area contributed by atoms with Crippen LogP contribution in [0.1, 0.15) is 25.6 Å². The molecule has 1 aromatic rings. The third-order valence-corrected chi connectivity index (χ3v) is 1.65. The first-order valence-electron chi connectivity index (χ1n) is 4.57. The second kappa shape index (κ2) is 4.76. The second-order valence-corrected chi connectivity index (χ2v) is 3.26. The van der Waals surface area contributed by atoms with Crippen molar-refractivity contribution in [1.82, 2.24) is 9.97 Å². The number of rotatable bonds is 4. The van der Waals surface area contributed by atoms with Crippen molar-refractivity contribution in [3.8, 4) is 5.88 Å². The van der Waals surface area contributed by atoms with Gasteiger partial charge in [-0.15, -0.1) is 0 Å². The summed E-state index contributed by atoms with van der Waals surface area (Å²) in [5.74, 6) is 1.14. The molecule has 0 unspecified atom stereocenters. The van der Waals surface area contributed by atoms with Crippen molar-refractivity contribution < 1.29 is 4.74 Å². The smallest absolute Gasteiger partial charge is 0.254 e. The molecule has 0 aliphatic carbocycles. The van der Waals surface area contributed by atoms with Crippen LogP contribution in [0, 0.1) is 0 Å². The molecule has 0 aliphatic heterocycles. The Labute approximate surface area is 82.3 Å². The first-order chi connectivity index (χ1) is 6.63. The molecule has 14 heavy (non-hydrogen) atoms. The summed E-state index contributed by atoms with van der Waals surface area (Å²) in [6.45, 7) is 4.68. The topological polar surface area (TPSA) is 81.0 Å². The van der Waals surface area contributed by atoms with Crippen molar-refractivity contribution in [2.24, 2.45) is 5.73 Å². The first-order valence-corrected chi connectivity index (χ1v) is 4.57. The van der Waals surface area contributed by atoms with Crippen LogP contribution in [0.5, 0.6) is 5.88 Å². The molecule has 0 amide bonds. The van der Waals surface area contributed by atoms with Crippen LogP contribution in [0.3, 0.4) is 0 Å². The Hall–Kier alpha value is -1.36. The zero-order chi connectivity index (χ0) is 10.6. The second-order valence-electron chi connectivity index (χ2n) is 3.26. The number of hydrogen-bond acceptors (Lipinski definition) is 4. The summed E-state index contributed by atoms with van der Waals surface area (Å²) >= 11 is 0. The van der Waals surface area contributed by atoms with E-state index < -0.39 is 0 Å². The molecule has 0 saturated carbocycles. The van der Waals surface area contributed by atoms with E-state index in [1.54, 1.807) is 0 Å². The highest BCUT2D eigenvalue weighted by molar-refractivity contribution is 5.10. The van der Waals surface area contributed by atoms with Crippen molar-refractivity contribution in [2.45, 2.75) is 19.8 Å². The molecule has 0 fully saturated rings. The van der Waals surface area contributed by atoms with Crippen LogP contribution in [-0.2, 0) is 0 Å².